The van der Waals surface area contributed by atoms with Crippen molar-refractivity contribution >= 4 is 17.4 Å². The van der Waals surface area contributed by atoms with E-state index in [1.807, 2.05) is 11.8 Å². The van der Waals surface area contributed by atoms with Crippen LogP contribution in [-0.4, -0.2) is 66.6 Å². The molecule has 0 N–H and O–H groups in total. The molecule has 0 saturated carbocycles. The van der Waals surface area contributed by atoms with Gasteiger partial charge in [0.2, 0.25) is 0 Å². The smallest absolute Gasteiger partial charge is 0.375 e. The zero-order valence-electron chi connectivity index (χ0n) is 19.3. The van der Waals surface area contributed by atoms with Crippen LogP contribution in [0.15, 0.2) is 30.5 Å². The molecule has 3 aliphatic rings. The Hall–Kier alpha value is -1.34. The normalized spacial score (nSPS) is 23.9. The molecule has 0 spiro atoms. The minimum absolute atomic E-state index is 0.307. The molecule has 4 rings (SSSR count). The number of halogens is 3. The predicted octanol–water partition coefficient (Wildman–Crippen LogP) is 5.68. The number of rotatable bonds is 5. The number of thioether (sulfide) groups is 1. The minimum atomic E-state index is -4.30. The molecule has 0 aliphatic carbocycles. The Morgan fingerprint density at radius 2 is 1.72 bits per heavy atom. The van der Waals surface area contributed by atoms with Crippen molar-refractivity contribution in [3.63, 3.8) is 0 Å². The van der Waals surface area contributed by atoms with E-state index in [2.05, 4.69) is 35.1 Å². The van der Waals surface area contributed by atoms with Gasteiger partial charge in [-0.25, -0.2) is 0 Å². The summed E-state index contributed by atoms with van der Waals surface area (Å²) in [5.74, 6) is 2.79. The van der Waals surface area contributed by atoms with Crippen LogP contribution in [0, 0.1) is 5.92 Å². The van der Waals surface area contributed by atoms with Crippen molar-refractivity contribution in [3.05, 3.63) is 41.6 Å². The van der Waals surface area contributed by atoms with Gasteiger partial charge in [-0.1, -0.05) is 12.6 Å². The first kappa shape index (κ1) is 23.8. The van der Waals surface area contributed by atoms with Crippen LogP contribution in [0.2, 0.25) is 0 Å². The Labute approximate surface area is 195 Å². The predicted molar refractivity (Wildman–Crippen MR) is 128 cm³/mol. The van der Waals surface area contributed by atoms with Gasteiger partial charge >= 0.3 is 6.18 Å². The first-order valence-corrected chi connectivity index (χ1v) is 13.1. The van der Waals surface area contributed by atoms with Crippen LogP contribution in [0.25, 0.3) is 0 Å². The lowest BCUT2D eigenvalue weighted by atomic mass is 9.86. The number of anilines is 1. The van der Waals surface area contributed by atoms with Crippen molar-refractivity contribution in [3.8, 4) is 0 Å². The molecule has 32 heavy (non-hydrogen) atoms. The summed E-state index contributed by atoms with van der Waals surface area (Å²) in [4.78, 5) is 7.13. The third kappa shape index (κ3) is 5.24. The van der Waals surface area contributed by atoms with Crippen molar-refractivity contribution in [1.29, 1.82) is 0 Å². The third-order valence-corrected chi connectivity index (χ3v) is 8.41. The maximum absolute atomic E-state index is 13.4. The topological polar surface area (TPSA) is 9.72 Å². The van der Waals surface area contributed by atoms with E-state index in [1.54, 1.807) is 6.07 Å². The second-order valence-corrected chi connectivity index (χ2v) is 10.9. The van der Waals surface area contributed by atoms with E-state index in [4.69, 9.17) is 0 Å². The first-order valence-electron chi connectivity index (χ1n) is 12.0. The summed E-state index contributed by atoms with van der Waals surface area (Å²) >= 11 is 1.88. The van der Waals surface area contributed by atoms with Crippen molar-refractivity contribution < 1.29 is 13.2 Å². The molecule has 3 fully saturated rings. The zero-order chi connectivity index (χ0) is 22.9. The molecule has 0 amide bonds. The number of benzene rings is 1. The lowest BCUT2D eigenvalue weighted by Crippen LogP contribution is -2.37. The highest BCUT2D eigenvalue weighted by molar-refractivity contribution is 7.99. The van der Waals surface area contributed by atoms with E-state index >= 15 is 0 Å². The number of nitrogens with zero attached hydrogens (tertiary/aromatic N) is 3. The van der Waals surface area contributed by atoms with E-state index in [9.17, 15) is 13.2 Å². The van der Waals surface area contributed by atoms with Gasteiger partial charge in [-0.2, -0.15) is 24.9 Å². The number of hydrogen-bond acceptors (Lipinski definition) is 4. The average molecular weight is 468 g/mol. The van der Waals surface area contributed by atoms with Crippen molar-refractivity contribution in [1.82, 2.24) is 9.80 Å². The molecular formula is C25H36F3N3S. The first-order chi connectivity index (χ1) is 15.2. The van der Waals surface area contributed by atoms with Crippen LogP contribution < -0.4 is 4.90 Å². The standard InChI is InChI=1S/C25H36F3N3S/c1-18(2)31-11-8-21(17-31)19(3)29-9-6-20(7-10-29)23-5-4-22(25(26,27)28)16-24(23)30-12-14-32-15-13-30/h4-5,16,18,20-21H,3,6-15,17H2,1-2H3. The Bertz CT molecular complexity index is 796. The largest absolute Gasteiger partial charge is 0.416 e. The fraction of sp³-hybridized carbons (Fsp3) is 0.680. The van der Waals surface area contributed by atoms with E-state index in [0.717, 1.165) is 74.9 Å². The molecule has 178 valence electrons. The second-order valence-electron chi connectivity index (χ2n) is 9.70. The van der Waals surface area contributed by atoms with Crippen molar-refractivity contribution in [2.75, 3.05) is 55.7 Å². The SMILES string of the molecule is C=C(C1CCN(C(C)C)C1)N1CCC(c2ccc(C(F)(F)F)cc2N2CCSCC2)CC1. The molecule has 1 aromatic rings. The van der Waals surface area contributed by atoms with Crippen LogP contribution in [0.4, 0.5) is 18.9 Å². The Kier molecular flexibility index (Phi) is 7.35. The molecule has 1 unspecified atom stereocenters. The average Bonchev–Trinajstić information content (AvgIpc) is 3.29. The maximum atomic E-state index is 13.4. The van der Waals surface area contributed by atoms with Crippen LogP contribution in [0.3, 0.4) is 0 Å². The highest BCUT2D eigenvalue weighted by Crippen LogP contribution is 2.41. The Morgan fingerprint density at radius 1 is 1.03 bits per heavy atom. The molecule has 3 nitrogen and oxygen atoms in total. The van der Waals surface area contributed by atoms with E-state index < -0.39 is 11.7 Å². The monoisotopic (exact) mass is 467 g/mol. The van der Waals surface area contributed by atoms with Crippen LogP contribution in [0.5, 0.6) is 0 Å². The minimum Gasteiger partial charge on any atom is -0.375 e. The van der Waals surface area contributed by atoms with Crippen molar-refractivity contribution in [2.45, 2.75) is 51.2 Å². The molecular weight excluding hydrogens is 431 g/mol. The summed E-state index contributed by atoms with van der Waals surface area (Å²) in [7, 11) is 0. The number of likely N-dealkylation sites (tertiary alicyclic amines) is 2. The van der Waals surface area contributed by atoms with E-state index in [1.165, 1.54) is 24.3 Å². The Morgan fingerprint density at radius 3 is 2.31 bits per heavy atom. The van der Waals surface area contributed by atoms with Crippen molar-refractivity contribution in [2.24, 2.45) is 5.92 Å². The lowest BCUT2D eigenvalue weighted by Gasteiger charge is -2.39. The summed E-state index contributed by atoms with van der Waals surface area (Å²) in [5, 5.41) is 0. The van der Waals surface area contributed by atoms with Gasteiger partial charge in [-0.15, -0.1) is 0 Å². The molecule has 3 heterocycles. The fourth-order valence-corrected chi connectivity index (χ4v) is 6.31. The second kappa shape index (κ2) is 9.88. The van der Waals surface area contributed by atoms with Gasteiger partial charge in [-0.3, -0.25) is 0 Å². The lowest BCUT2D eigenvalue weighted by molar-refractivity contribution is -0.137. The van der Waals surface area contributed by atoms with E-state index in [0.29, 0.717) is 17.9 Å². The molecule has 7 heteroatoms. The van der Waals surface area contributed by atoms with Gasteiger partial charge < -0.3 is 14.7 Å². The van der Waals surface area contributed by atoms with Crippen LogP contribution in [-0.2, 0) is 6.18 Å². The van der Waals surface area contributed by atoms with E-state index in [-0.39, 0.29) is 0 Å². The molecule has 0 bridgehead atoms. The number of hydrogen-bond donors (Lipinski definition) is 0. The van der Waals surface area contributed by atoms with Crippen LogP contribution >= 0.6 is 11.8 Å². The quantitative estimate of drug-likeness (QED) is 0.551. The summed E-state index contributed by atoms with van der Waals surface area (Å²) in [5.41, 5.74) is 2.63. The molecule has 3 saturated heterocycles. The fourth-order valence-electron chi connectivity index (χ4n) is 5.41. The van der Waals surface area contributed by atoms with Gasteiger partial charge in [-0.05, 0) is 63.3 Å². The molecule has 1 aromatic carbocycles. The number of alkyl halides is 3. The Balaban J connectivity index is 1.45. The summed E-state index contributed by atoms with van der Waals surface area (Å²) in [6.45, 7) is 14.7. The third-order valence-electron chi connectivity index (χ3n) is 7.47. The van der Waals surface area contributed by atoms with Gasteiger partial charge in [0, 0.05) is 67.6 Å². The molecule has 1 atom stereocenters. The summed E-state index contributed by atoms with van der Waals surface area (Å²) < 4.78 is 40.3. The van der Waals surface area contributed by atoms with Crippen LogP contribution in [0.1, 0.15) is 50.2 Å². The zero-order valence-corrected chi connectivity index (χ0v) is 20.1. The highest BCUT2D eigenvalue weighted by Gasteiger charge is 2.34. The van der Waals surface area contributed by atoms with Gasteiger partial charge in [0.05, 0.1) is 5.56 Å². The summed E-state index contributed by atoms with van der Waals surface area (Å²) in [6.07, 6.45) is -1.18. The maximum Gasteiger partial charge on any atom is 0.416 e. The summed E-state index contributed by atoms with van der Waals surface area (Å²) in [6, 6.07) is 5.01. The van der Waals surface area contributed by atoms with Gasteiger partial charge in [0.25, 0.3) is 0 Å². The molecule has 0 aromatic heterocycles. The molecule has 3 aliphatic heterocycles. The molecule has 0 radical (unpaired) electrons. The highest BCUT2D eigenvalue weighted by atomic mass is 32.2. The van der Waals surface area contributed by atoms with Gasteiger partial charge in [0.1, 0.15) is 0 Å². The number of piperidine rings is 1. The van der Waals surface area contributed by atoms with Gasteiger partial charge in [0.15, 0.2) is 0 Å².